The summed E-state index contributed by atoms with van der Waals surface area (Å²) in [6, 6.07) is 15.5. The number of piperazine rings is 1. The maximum absolute atomic E-state index is 14.7. The number of halogens is 4. The number of nitrogens with zero attached hydrogens (tertiary/aromatic N) is 3. The van der Waals surface area contributed by atoms with Crippen LogP contribution in [0.4, 0.5) is 23.2 Å². The molecule has 2 heterocycles. The molecule has 1 unspecified atom stereocenters. The third-order valence-corrected chi connectivity index (χ3v) is 6.97. The standard InChI is InChI=1S/C24H23F4N3O2S/c1-34(32,33)19-8-9-20(25)21(13-19)31-12-11-30(22(16-31)18-5-3-2-4-6-18)15-17-7-10-23(29-14-17)24(26,27)28/h2-10,13-14,22H,11-12,15-16H2,1H3. The highest BCUT2D eigenvalue weighted by atomic mass is 32.2. The third kappa shape index (κ3) is 5.39. The number of sulfone groups is 1. The predicted octanol–water partition coefficient (Wildman–Crippen LogP) is 4.71. The van der Waals surface area contributed by atoms with Gasteiger partial charge in [-0.25, -0.2) is 12.8 Å². The number of rotatable bonds is 5. The molecule has 1 saturated heterocycles. The summed E-state index contributed by atoms with van der Waals surface area (Å²) in [5.74, 6) is -0.514. The van der Waals surface area contributed by atoms with Gasteiger partial charge in [-0.15, -0.1) is 0 Å². The van der Waals surface area contributed by atoms with Crippen LogP contribution in [0.25, 0.3) is 0 Å². The summed E-state index contributed by atoms with van der Waals surface area (Å²) in [4.78, 5) is 7.51. The second-order valence-corrected chi connectivity index (χ2v) is 10.3. The van der Waals surface area contributed by atoms with Gasteiger partial charge in [0, 0.05) is 38.6 Å². The molecule has 1 aliphatic heterocycles. The van der Waals surface area contributed by atoms with Crippen LogP contribution in [0.3, 0.4) is 0 Å². The minimum Gasteiger partial charge on any atom is -0.366 e. The van der Waals surface area contributed by atoms with Crippen molar-refractivity contribution in [1.29, 1.82) is 0 Å². The van der Waals surface area contributed by atoms with Gasteiger partial charge in [0.15, 0.2) is 9.84 Å². The van der Waals surface area contributed by atoms with Gasteiger partial charge in [-0.2, -0.15) is 13.2 Å². The fourth-order valence-corrected chi connectivity index (χ4v) is 4.75. The van der Waals surface area contributed by atoms with Crippen LogP contribution in [0.15, 0.2) is 71.8 Å². The van der Waals surface area contributed by atoms with Crippen molar-refractivity contribution in [3.05, 3.63) is 89.5 Å². The summed E-state index contributed by atoms with van der Waals surface area (Å²) in [6.07, 6.45) is -2.19. The molecule has 1 aromatic heterocycles. The Morgan fingerprint density at radius 3 is 2.38 bits per heavy atom. The summed E-state index contributed by atoms with van der Waals surface area (Å²) < 4.78 is 77.2. The number of hydrogen-bond donors (Lipinski definition) is 0. The van der Waals surface area contributed by atoms with Crippen LogP contribution in [0.1, 0.15) is 22.9 Å². The Balaban J connectivity index is 1.61. The lowest BCUT2D eigenvalue weighted by Gasteiger charge is -2.43. The molecule has 3 aromatic rings. The van der Waals surface area contributed by atoms with Crippen molar-refractivity contribution in [3.8, 4) is 0 Å². The van der Waals surface area contributed by atoms with E-state index in [-0.39, 0.29) is 16.6 Å². The lowest BCUT2D eigenvalue weighted by Crippen LogP contribution is -2.48. The van der Waals surface area contributed by atoms with Crippen molar-refractivity contribution in [3.63, 3.8) is 0 Å². The summed E-state index contributed by atoms with van der Waals surface area (Å²) >= 11 is 0. The van der Waals surface area contributed by atoms with Crippen molar-refractivity contribution < 1.29 is 26.0 Å². The van der Waals surface area contributed by atoms with Gasteiger partial charge in [-0.1, -0.05) is 36.4 Å². The Morgan fingerprint density at radius 1 is 1.03 bits per heavy atom. The minimum atomic E-state index is -4.50. The molecule has 1 fully saturated rings. The molecule has 0 amide bonds. The van der Waals surface area contributed by atoms with E-state index < -0.39 is 27.5 Å². The molecule has 10 heteroatoms. The molecule has 5 nitrogen and oxygen atoms in total. The van der Waals surface area contributed by atoms with Gasteiger partial charge >= 0.3 is 6.18 Å². The first-order chi connectivity index (χ1) is 16.0. The molecule has 34 heavy (non-hydrogen) atoms. The first-order valence-electron chi connectivity index (χ1n) is 10.6. The third-order valence-electron chi connectivity index (χ3n) is 5.86. The van der Waals surface area contributed by atoms with Gasteiger partial charge in [0.2, 0.25) is 0 Å². The van der Waals surface area contributed by atoms with E-state index in [4.69, 9.17) is 0 Å². The van der Waals surface area contributed by atoms with E-state index in [2.05, 4.69) is 9.88 Å². The van der Waals surface area contributed by atoms with Crippen LogP contribution in [0.2, 0.25) is 0 Å². The van der Waals surface area contributed by atoms with E-state index in [1.54, 1.807) is 0 Å². The molecule has 1 aliphatic rings. The first kappa shape index (κ1) is 24.2. The van der Waals surface area contributed by atoms with Gasteiger partial charge in [0.1, 0.15) is 11.5 Å². The number of anilines is 1. The van der Waals surface area contributed by atoms with Crippen LogP contribution < -0.4 is 4.90 Å². The maximum atomic E-state index is 14.7. The fourth-order valence-electron chi connectivity index (χ4n) is 4.11. The molecule has 0 spiro atoms. The zero-order chi connectivity index (χ0) is 24.5. The Bertz CT molecular complexity index is 1250. The first-order valence-corrected chi connectivity index (χ1v) is 12.5. The zero-order valence-electron chi connectivity index (χ0n) is 18.3. The van der Waals surface area contributed by atoms with E-state index in [1.165, 1.54) is 24.4 Å². The topological polar surface area (TPSA) is 53.5 Å². The molecular formula is C24H23F4N3O2S. The highest BCUT2D eigenvalue weighted by Crippen LogP contribution is 2.33. The van der Waals surface area contributed by atoms with E-state index in [0.717, 1.165) is 24.0 Å². The smallest absolute Gasteiger partial charge is 0.366 e. The largest absolute Gasteiger partial charge is 0.433 e. The number of aromatic nitrogens is 1. The average molecular weight is 494 g/mol. The predicted molar refractivity (Wildman–Crippen MR) is 121 cm³/mol. The van der Waals surface area contributed by atoms with Crippen molar-refractivity contribution in [2.24, 2.45) is 0 Å². The van der Waals surface area contributed by atoms with Crippen LogP contribution in [-0.2, 0) is 22.6 Å². The molecule has 0 aliphatic carbocycles. The molecule has 0 saturated carbocycles. The number of benzene rings is 2. The van der Waals surface area contributed by atoms with Crippen molar-refractivity contribution in [1.82, 2.24) is 9.88 Å². The Hall–Kier alpha value is -2.98. The van der Waals surface area contributed by atoms with Gasteiger partial charge in [-0.05, 0) is 35.4 Å². The van der Waals surface area contributed by atoms with E-state index in [0.29, 0.717) is 31.7 Å². The minimum absolute atomic E-state index is 0.0402. The van der Waals surface area contributed by atoms with Crippen molar-refractivity contribution in [2.75, 3.05) is 30.8 Å². The van der Waals surface area contributed by atoms with Crippen LogP contribution >= 0.6 is 0 Å². The van der Waals surface area contributed by atoms with Crippen LogP contribution in [-0.4, -0.2) is 44.2 Å². The molecule has 0 bridgehead atoms. The quantitative estimate of drug-likeness (QED) is 0.381. The SMILES string of the molecule is CS(=O)(=O)c1ccc(F)c(N2CCN(Cc3ccc(C(F)(F)F)nc3)C(c3ccccc3)C2)c1. The second-order valence-electron chi connectivity index (χ2n) is 8.28. The van der Waals surface area contributed by atoms with E-state index >= 15 is 0 Å². The lowest BCUT2D eigenvalue weighted by atomic mass is 10.0. The van der Waals surface area contributed by atoms with Gasteiger partial charge in [0.25, 0.3) is 0 Å². The van der Waals surface area contributed by atoms with E-state index in [9.17, 15) is 26.0 Å². The Kier molecular flexibility index (Phi) is 6.64. The lowest BCUT2D eigenvalue weighted by molar-refractivity contribution is -0.141. The maximum Gasteiger partial charge on any atom is 0.433 e. The van der Waals surface area contributed by atoms with E-state index in [1.807, 2.05) is 35.2 Å². The van der Waals surface area contributed by atoms with Crippen LogP contribution in [0, 0.1) is 5.82 Å². The number of pyridine rings is 1. The number of alkyl halides is 3. The molecule has 4 rings (SSSR count). The van der Waals surface area contributed by atoms with Crippen molar-refractivity contribution >= 4 is 15.5 Å². The summed E-state index contributed by atoms with van der Waals surface area (Å²) in [6.45, 7) is 1.65. The summed E-state index contributed by atoms with van der Waals surface area (Å²) in [7, 11) is -3.50. The zero-order valence-corrected chi connectivity index (χ0v) is 19.2. The number of hydrogen-bond acceptors (Lipinski definition) is 5. The van der Waals surface area contributed by atoms with Crippen molar-refractivity contribution in [2.45, 2.75) is 23.7 Å². The van der Waals surface area contributed by atoms with Gasteiger partial charge < -0.3 is 4.90 Å². The molecular weight excluding hydrogens is 470 g/mol. The van der Waals surface area contributed by atoms with Gasteiger partial charge in [-0.3, -0.25) is 9.88 Å². The van der Waals surface area contributed by atoms with Crippen LogP contribution in [0.5, 0.6) is 0 Å². The normalized spacial score (nSPS) is 17.7. The highest BCUT2D eigenvalue weighted by Gasteiger charge is 2.33. The molecule has 2 aromatic carbocycles. The summed E-state index contributed by atoms with van der Waals surface area (Å²) in [5, 5.41) is 0. The second kappa shape index (κ2) is 9.34. The average Bonchev–Trinajstić information content (AvgIpc) is 2.79. The molecule has 0 radical (unpaired) electrons. The Labute approximate surface area is 195 Å². The monoisotopic (exact) mass is 493 g/mol. The Morgan fingerprint density at radius 2 is 1.76 bits per heavy atom. The molecule has 180 valence electrons. The molecule has 1 atom stereocenters. The molecule has 0 N–H and O–H groups in total. The summed E-state index contributed by atoms with van der Waals surface area (Å²) in [5.41, 5.74) is 0.862. The van der Waals surface area contributed by atoms with Gasteiger partial charge in [0.05, 0.1) is 16.6 Å². The fraction of sp³-hybridized carbons (Fsp3) is 0.292. The highest BCUT2D eigenvalue weighted by molar-refractivity contribution is 7.90.